The highest BCUT2D eigenvalue weighted by Crippen LogP contribution is 2.20. The number of pyridine rings is 1. The molecule has 1 atom stereocenters. The van der Waals surface area contributed by atoms with Crippen molar-refractivity contribution in [2.45, 2.75) is 25.8 Å². The van der Waals surface area contributed by atoms with Gasteiger partial charge in [0.1, 0.15) is 0 Å². The van der Waals surface area contributed by atoms with E-state index in [0.29, 0.717) is 11.4 Å². The number of nitrogens with one attached hydrogen (secondary N) is 1. The number of aliphatic carboxylic acids is 1. The molecule has 15 heavy (non-hydrogen) atoms. The molecule has 0 saturated heterocycles. The molecule has 5 heteroatoms. The Morgan fingerprint density at radius 1 is 1.73 bits per heavy atom. The lowest BCUT2D eigenvalue weighted by Crippen LogP contribution is -2.16. The van der Waals surface area contributed by atoms with Crippen LogP contribution in [0.2, 0.25) is 5.02 Å². The molecule has 1 aromatic rings. The molecule has 1 unspecified atom stereocenters. The number of nitrogens with zero attached hydrogens (tertiary/aromatic N) is 1. The largest absolute Gasteiger partial charge is 0.481 e. The standard InChI is InChI=1S/C10H13ClN2O2/c1-7(2-3-10(14)15)13-9-6-12-5-4-8(9)11/h4-7,13H,2-3H2,1H3,(H,14,15). The summed E-state index contributed by atoms with van der Waals surface area (Å²) >= 11 is 5.91. The van der Waals surface area contributed by atoms with Crippen LogP contribution in [0.25, 0.3) is 0 Å². The van der Waals surface area contributed by atoms with Crippen LogP contribution in [0.1, 0.15) is 19.8 Å². The first kappa shape index (κ1) is 11.8. The maximum absolute atomic E-state index is 10.4. The van der Waals surface area contributed by atoms with Gasteiger partial charge in [0.05, 0.1) is 16.9 Å². The second kappa shape index (κ2) is 5.56. The molecule has 0 saturated carbocycles. The Morgan fingerprint density at radius 2 is 2.47 bits per heavy atom. The zero-order valence-corrected chi connectivity index (χ0v) is 9.16. The van der Waals surface area contributed by atoms with Crippen molar-refractivity contribution in [2.75, 3.05) is 5.32 Å². The van der Waals surface area contributed by atoms with Crippen LogP contribution >= 0.6 is 11.6 Å². The first-order valence-corrected chi connectivity index (χ1v) is 5.05. The second-order valence-electron chi connectivity index (χ2n) is 3.33. The number of carboxylic acid groups (broad SMARTS) is 1. The van der Waals surface area contributed by atoms with Crippen molar-refractivity contribution in [1.29, 1.82) is 0 Å². The lowest BCUT2D eigenvalue weighted by Gasteiger charge is -2.14. The van der Waals surface area contributed by atoms with Crippen LogP contribution in [-0.4, -0.2) is 22.1 Å². The number of hydrogen-bond donors (Lipinski definition) is 2. The molecule has 1 rings (SSSR count). The summed E-state index contributed by atoms with van der Waals surface area (Å²) in [7, 11) is 0. The molecule has 0 spiro atoms. The van der Waals surface area contributed by atoms with Gasteiger partial charge >= 0.3 is 5.97 Å². The summed E-state index contributed by atoms with van der Waals surface area (Å²) < 4.78 is 0. The minimum absolute atomic E-state index is 0.0581. The normalized spacial score (nSPS) is 12.1. The van der Waals surface area contributed by atoms with Crippen molar-refractivity contribution in [3.63, 3.8) is 0 Å². The van der Waals surface area contributed by atoms with Gasteiger partial charge in [-0.1, -0.05) is 11.6 Å². The van der Waals surface area contributed by atoms with Gasteiger partial charge in [0.2, 0.25) is 0 Å². The molecule has 82 valence electrons. The lowest BCUT2D eigenvalue weighted by atomic mass is 10.2. The summed E-state index contributed by atoms with van der Waals surface area (Å²) in [5.41, 5.74) is 0.733. The molecule has 2 N–H and O–H groups in total. The fourth-order valence-electron chi connectivity index (χ4n) is 1.16. The zero-order chi connectivity index (χ0) is 11.3. The first-order chi connectivity index (χ1) is 7.09. The number of halogens is 1. The summed E-state index contributed by atoms with van der Waals surface area (Å²) in [6.07, 6.45) is 3.93. The van der Waals surface area contributed by atoms with Crippen LogP contribution in [0.5, 0.6) is 0 Å². The Kier molecular flexibility index (Phi) is 4.37. The van der Waals surface area contributed by atoms with Crippen LogP contribution in [0, 0.1) is 0 Å². The number of aromatic nitrogens is 1. The molecule has 0 aliphatic heterocycles. The van der Waals surface area contributed by atoms with Crippen molar-refractivity contribution >= 4 is 23.3 Å². The predicted octanol–water partition coefficient (Wildman–Crippen LogP) is 2.40. The summed E-state index contributed by atoms with van der Waals surface area (Å²) in [5.74, 6) is -0.791. The fourth-order valence-corrected chi connectivity index (χ4v) is 1.32. The third-order valence-corrected chi connectivity index (χ3v) is 2.29. The molecule has 1 aromatic heterocycles. The molecule has 0 aliphatic carbocycles. The number of anilines is 1. The molecule has 0 aliphatic rings. The Bertz CT molecular complexity index is 344. The van der Waals surface area contributed by atoms with Crippen LogP contribution in [0.4, 0.5) is 5.69 Å². The van der Waals surface area contributed by atoms with Crippen LogP contribution in [0.15, 0.2) is 18.5 Å². The second-order valence-corrected chi connectivity index (χ2v) is 3.74. The molecule has 0 amide bonds. The van der Waals surface area contributed by atoms with Crippen LogP contribution in [0.3, 0.4) is 0 Å². The third-order valence-electron chi connectivity index (χ3n) is 1.96. The number of carbonyl (C=O) groups is 1. The van der Waals surface area contributed by atoms with E-state index in [4.69, 9.17) is 16.7 Å². The van der Waals surface area contributed by atoms with Crippen LogP contribution in [-0.2, 0) is 4.79 Å². The van der Waals surface area contributed by atoms with Crippen molar-refractivity contribution < 1.29 is 9.90 Å². The average molecular weight is 229 g/mol. The summed E-state index contributed by atoms with van der Waals surface area (Å²) in [4.78, 5) is 14.3. The van der Waals surface area contributed by atoms with Gasteiger partial charge in [-0.3, -0.25) is 9.78 Å². The van der Waals surface area contributed by atoms with E-state index in [-0.39, 0.29) is 12.5 Å². The van der Waals surface area contributed by atoms with Gasteiger partial charge in [-0.05, 0) is 19.4 Å². The molecular formula is C10H13ClN2O2. The van der Waals surface area contributed by atoms with Gasteiger partial charge in [0.15, 0.2) is 0 Å². The molecule has 0 fully saturated rings. The molecule has 0 radical (unpaired) electrons. The van der Waals surface area contributed by atoms with E-state index in [1.165, 1.54) is 0 Å². The van der Waals surface area contributed by atoms with E-state index in [1.807, 2.05) is 6.92 Å². The minimum Gasteiger partial charge on any atom is -0.481 e. The topological polar surface area (TPSA) is 62.2 Å². The van der Waals surface area contributed by atoms with Crippen LogP contribution < -0.4 is 5.32 Å². The molecule has 0 bridgehead atoms. The van der Waals surface area contributed by atoms with Gasteiger partial charge in [0, 0.05) is 18.7 Å². The quantitative estimate of drug-likeness (QED) is 0.813. The SMILES string of the molecule is CC(CCC(=O)O)Nc1cnccc1Cl. The molecule has 1 heterocycles. The number of carboxylic acids is 1. The van der Waals surface area contributed by atoms with Gasteiger partial charge in [-0.25, -0.2) is 0 Å². The predicted molar refractivity (Wildman–Crippen MR) is 59.2 cm³/mol. The molecule has 4 nitrogen and oxygen atoms in total. The summed E-state index contributed by atoms with van der Waals surface area (Å²) in [5, 5.41) is 12.2. The van der Waals surface area contributed by atoms with E-state index < -0.39 is 5.97 Å². The van der Waals surface area contributed by atoms with E-state index in [1.54, 1.807) is 18.5 Å². The van der Waals surface area contributed by atoms with E-state index >= 15 is 0 Å². The highest BCUT2D eigenvalue weighted by molar-refractivity contribution is 6.33. The van der Waals surface area contributed by atoms with Gasteiger partial charge in [-0.2, -0.15) is 0 Å². The Morgan fingerprint density at radius 3 is 3.07 bits per heavy atom. The monoisotopic (exact) mass is 228 g/mol. The third kappa shape index (κ3) is 4.16. The van der Waals surface area contributed by atoms with Crippen molar-refractivity contribution in [1.82, 2.24) is 4.98 Å². The highest BCUT2D eigenvalue weighted by atomic mass is 35.5. The van der Waals surface area contributed by atoms with Gasteiger partial charge in [0.25, 0.3) is 0 Å². The zero-order valence-electron chi connectivity index (χ0n) is 8.40. The Hall–Kier alpha value is -1.29. The molecule has 0 aromatic carbocycles. The first-order valence-electron chi connectivity index (χ1n) is 4.67. The highest BCUT2D eigenvalue weighted by Gasteiger charge is 2.07. The Balaban J connectivity index is 2.47. The van der Waals surface area contributed by atoms with E-state index in [0.717, 1.165) is 5.69 Å². The number of hydrogen-bond acceptors (Lipinski definition) is 3. The van der Waals surface area contributed by atoms with Crippen molar-refractivity contribution in [3.8, 4) is 0 Å². The van der Waals surface area contributed by atoms with E-state index in [9.17, 15) is 4.79 Å². The summed E-state index contributed by atoms with van der Waals surface area (Å²) in [6, 6.07) is 1.75. The maximum Gasteiger partial charge on any atom is 0.303 e. The Labute approximate surface area is 93.3 Å². The smallest absolute Gasteiger partial charge is 0.303 e. The average Bonchev–Trinajstić information content (AvgIpc) is 2.18. The maximum atomic E-state index is 10.4. The number of rotatable bonds is 5. The summed E-state index contributed by atoms with van der Waals surface area (Å²) in [6.45, 7) is 1.91. The van der Waals surface area contributed by atoms with Crippen molar-refractivity contribution in [2.24, 2.45) is 0 Å². The lowest BCUT2D eigenvalue weighted by molar-refractivity contribution is -0.137. The molecular weight excluding hydrogens is 216 g/mol. The van der Waals surface area contributed by atoms with Gasteiger partial charge < -0.3 is 10.4 Å². The van der Waals surface area contributed by atoms with E-state index in [2.05, 4.69) is 10.3 Å². The minimum atomic E-state index is -0.791. The fraction of sp³-hybridized carbons (Fsp3) is 0.400. The van der Waals surface area contributed by atoms with Gasteiger partial charge in [-0.15, -0.1) is 0 Å². The van der Waals surface area contributed by atoms with Crippen molar-refractivity contribution in [3.05, 3.63) is 23.5 Å².